The highest BCUT2D eigenvalue weighted by Crippen LogP contribution is 2.29. The molecule has 0 bridgehead atoms. The molecule has 0 aromatic rings. The van der Waals surface area contributed by atoms with E-state index in [-0.39, 0.29) is 11.4 Å². The van der Waals surface area contributed by atoms with Gasteiger partial charge in [0.1, 0.15) is 9.84 Å². The molecule has 16 heavy (non-hydrogen) atoms. The number of likely N-dealkylation sites (tertiary alicyclic amines) is 1. The van der Waals surface area contributed by atoms with Crippen molar-refractivity contribution in [1.29, 1.82) is 0 Å². The number of hydrogen-bond acceptors (Lipinski definition) is 4. The molecule has 2 aliphatic rings. The SMILES string of the molecule is CS(=O)(=O)C1CCCC(N2CC[C@H](O)C2)C1. The van der Waals surface area contributed by atoms with Crippen LogP contribution in [0.5, 0.6) is 0 Å². The van der Waals surface area contributed by atoms with Crippen LogP contribution in [0.15, 0.2) is 0 Å². The third-order valence-electron chi connectivity index (χ3n) is 3.92. The van der Waals surface area contributed by atoms with Gasteiger partial charge in [0.05, 0.1) is 11.4 Å². The first kappa shape index (κ1) is 12.3. The normalized spacial score (nSPS) is 37.8. The lowest BCUT2D eigenvalue weighted by atomic mass is 9.94. The van der Waals surface area contributed by atoms with Crippen LogP contribution < -0.4 is 0 Å². The Balaban J connectivity index is 1.97. The van der Waals surface area contributed by atoms with Crippen LogP contribution in [-0.2, 0) is 9.84 Å². The minimum absolute atomic E-state index is 0.163. The average molecular weight is 247 g/mol. The van der Waals surface area contributed by atoms with Crippen LogP contribution in [0, 0.1) is 0 Å². The lowest BCUT2D eigenvalue weighted by Crippen LogP contribution is -2.41. The molecule has 94 valence electrons. The van der Waals surface area contributed by atoms with Crippen molar-refractivity contribution in [2.75, 3.05) is 19.3 Å². The van der Waals surface area contributed by atoms with E-state index in [1.54, 1.807) is 0 Å². The topological polar surface area (TPSA) is 57.6 Å². The standard InChI is InChI=1S/C11H21NO3S/c1-16(14,15)11-4-2-3-9(7-11)12-6-5-10(13)8-12/h9-11,13H,2-8H2,1H3/t9?,10-,11?/m0/s1. The summed E-state index contributed by atoms with van der Waals surface area (Å²) in [6.45, 7) is 1.64. The molecule has 0 aromatic heterocycles. The molecule has 1 aliphatic heterocycles. The van der Waals surface area contributed by atoms with Gasteiger partial charge in [-0.05, 0) is 25.7 Å². The van der Waals surface area contributed by atoms with E-state index in [0.717, 1.165) is 45.2 Å². The quantitative estimate of drug-likeness (QED) is 0.768. The van der Waals surface area contributed by atoms with Gasteiger partial charge in [-0.15, -0.1) is 0 Å². The minimum atomic E-state index is -2.89. The molecule has 0 spiro atoms. The fraction of sp³-hybridized carbons (Fsp3) is 1.00. The van der Waals surface area contributed by atoms with E-state index in [4.69, 9.17) is 0 Å². The Bertz CT molecular complexity index is 341. The van der Waals surface area contributed by atoms with Crippen LogP contribution >= 0.6 is 0 Å². The van der Waals surface area contributed by atoms with Crippen LogP contribution in [-0.4, -0.2) is 55.2 Å². The Morgan fingerprint density at radius 1 is 1.25 bits per heavy atom. The summed E-state index contributed by atoms with van der Waals surface area (Å²) in [5.41, 5.74) is 0. The molecule has 1 heterocycles. The van der Waals surface area contributed by atoms with E-state index >= 15 is 0 Å². The second-order valence-corrected chi connectivity index (χ2v) is 7.54. The molecule has 2 unspecified atom stereocenters. The smallest absolute Gasteiger partial charge is 0.150 e. The van der Waals surface area contributed by atoms with Crippen molar-refractivity contribution in [3.63, 3.8) is 0 Å². The van der Waals surface area contributed by atoms with Gasteiger partial charge < -0.3 is 5.11 Å². The van der Waals surface area contributed by atoms with E-state index in [9.17, 15) is 13.5 Å². The zero-order chi connectivity index (χ0) is 11.8. The van der Waals surface area contributed by atoms with Crippen LogP contribution in [0.3, 0.4) is 0 Å². The van der Waals surface area contributed by atoms with Crippen LogP contribution in [0.25, 0.3) is 0 Å². The molecule has 0 aromatic carbocycles. The van der Waals surface area contributed by atoms with Gasteiger partial charge in [0.15, 0.2) is 0 Å². The van der Waals surface area contributed by atoms with E-state index in [1.807, 2.05) is 0 Å². The first-order chi connectivity index (χ1) is 7.47. The number of β-amino-alcohol motifs (C(OH)–C–C–N with tert-alkyl or cyclic N) is 1. The van der Waals surface area contributed by atoms with Gasteiger partial charge in [0.2, 0.25) is 0 Å². The molecule has 3 atom stereocenters. The van der Waals surface area contributed by atoms with Crippen molar-refractivity contribution >= 4 is 9.84 Å². The van der Waals surface area contributed by atoms with Crippen molar-refractivity contribution in [3.8, 4) is 0 Å². The molecule has 5 heteroatoms. The molecule has 1 N–H and O–H groups in total. The lowest BCUT2D eigenvalue weighted by Gasteiger charge is -2.34. The molecular formula is C11H21NO3S. The maximum absolute atomic E-state index is 11.5. The maximum atomic E-state index is 11.5. The Labute approximate surface area is 97.6 Å². The summed E-state index contributed by atoms with van der Waals surface area (Å²) in [5.74, 6) is 0. The number of hydrogen-bond donors (Lipinski definition) is 1. The van der Waals surface area contributed by atoms with E-state index in [0.29, 0.717) is 6.04 Å². The van der Waals surface area contributed by atoms with Crippen molar-refractivity contribution < 1.29 is 13.5 Å². The van der Waals surface area contributed by atoms with Gasteiger partial charge in [-0.2, -0.15) is 0 Å². The number of aliphatic hydroxyl groups is 1. The summed E-state index contributed by atoms with van der Waals surface area (Å²) in [7, 11) is -2.89. The van der Waals surface area contributed by atoms with E-state index < -0.39 is 9.84 Å². The number of sulfone groups is 1. The number of rotatable bonds is 2. The van der Waals surface area contributed by atoms with Crippen molar-refractivity contribution in [2.24, 2.45) is 0 Å². The Morgan fingerprint density at radius 3 is 2.56 bits per heavy atom. The average Bonchev–Trinajstić information content (AvgIpc) is 2.64. The molecule has 1 saturated carbocycles. The molecule has 4 nitrogen and oxygen atoms in total. The predicted molar refractivity (Wildman–Crippen MR) is 63.1 cm³/mol. The first-order valence-electron chi connectivity index (χ1n) is 6.08. The summed E-state index contributed by atoms with van der Waals surface area (Å²) in [6, 6.07) is 0.366. The van der Waals surface area contributed by atoms with Gasteiger partial charge >= 0.3 is 0 Å². The second-order valence-electron chi connectivity index (χ2n) is 5.21. The van der Waals surface area contributed by atoms with Crippen molar-refractivity contribution in [3.05, 3.63) is 0 Å². The van der Waals surface area contributed by atoms with Crippen LogP contribution in [0.1, 0.15) is 32.1 Å². The molecule has 2 fully saturated rings. The van der Waals surface area contributed by atoms with E-state index in [2.05, 4.69) is 4.90 Å². The van der Waals surface area contributed by atoms with Gasteiger partial charge in [0, 0.05) is 25.4 Å². The highest BCUT2D eigenvalue weighted by molar-refractivity contribution is 7.91. The lowest BCUT2D eigenvalue weighted by molar-refractivity contribution is 0.143. The zero-order valence-electron chi connectivity index (χ0n) is 9.80. The summed E-state index contributed by atoms with van der Waals surface area (Å²) in [4.78, 5) is 2.27. The molecule has 2 rings (SSSR count). The fourth-order valence-electron chi connectivity index (χ4n) is 2.94. The molecule has 1 saturated heterocycles. The fourth-order valence-corrected chi connectivity index (χ4v) is 4.11. The number of aliphatic hydroxyl groups excluding tert-OH is 1. The minimum Gasteiger partial charge on any atom is -0.392 e. The Morgan fingerprint density at radius 2 is 2.00 bits per heavy atom. The largest absolute Gasteiger partial charge is 0.392 e. The molecular weight excluding hydrogens is 226 g/mol. The summed E-state index contributed by atoms with van der Waals surface area (Å²) < 4.78 is 23.1. The monoisotopic (exact) mass is 247 g/mol. The molecule has 0 radical (unpaired) electrons. The van der Waals surface area contributed by atoms with Gasteiger partial charge in [-0.1, -0.05) is 6.42 Å². The Kier molecular flexibility index (Phi) is 3.56. The maximum Gasteiger partial charge on any atom is 0.150 e. The van der Waals surface area contributed by atoms with Gasteiger partial charge in [-0.25, -0.2) is 8.42 Å². The highest BCUT2D eigenvalue weighted by atomic mass is 32.2. The highest BCUT2D eigenvalue weighted by Gasteiger charge is 2.34. The van der Waals surface area contributed by atoms with Crippen LogP contribution in [0.2, 0.25) is 0 Å². The van der Waals surface area contributed by atoms with Crippen LogP contribution in [0.4, 0.5) is 0 Å². The summed E-state index contributed by atoms with van der Waals surface area (Å²) in [5, 5.41) is 9.33. The second kappa shape index (κ2) is 4.63. The third kappa shape index (κ3) is 2.76. The summed E-state index contributed by atoms with van der Waals surface area (Å²) >= 11 is 0. The van der Waals surface area contributed by atoms with Crippen molar-refractivity contribution in [2.45, 2.75) is 49.5 Å². The Hall–Kier alpha value is -0.130. The third-order valence-corrected chi connectivity index (χ3v) is 5.55. The number of nitrogens with zero attached hydrogens (tertiary/aromatic N) is 1. The first-order valence-corrected chi connectivity index (χ1v) is 8.03. The summed E-state index contributed by atoms with van der Waals surface area (Å²) in [6.07, 6.45) is 5.61. The zero-order valence-corrected chi connectivity index (χ0v) is 10.6. The van der Waals surface area contributed by atoms with Gasteiger partial charge in [0.25, 0.3) is 0 Å². The predicted octanol–water partition coefficient (Wildman–Crippen LogP) is 0.409. The van der Waals surface area contributed by atoms with Crippen molar-refractivity contribution in [1.82, 2.24) is 4.90 Å². The van der Waals surface area contributed by atoms with E-state index in [1.165, 1.54) is 6.26 Å². The molecule has 1 aliphatic carbocycles. The molecule has 0 amide bonds. The van der Waals surface area contributed by atoms with Gasteiger partial charge in [-0.3, -0.25) is 4.90 Å².